The smallest absolute Gasteiger partial charge is 0.323 e. The quantitative estimate of drug-likeness (QED) is 0.877. The lowest BCUT2D eigenvalue weighted by Crippen LogP contribution is -2.36. The minimum absolute atomic E-state index is 0.00433. The molecule has 1 heterocycles. The van der Waals surface area contributed by atoms with Crippen LogP contribution in [0.4, 0.5) is 5.69 Å². The molecule has 2 aromatic rings. The fourth-order valence-electron chi connectivity index (χ4n) is 2.38. The number of ether oxygens (including phenoxy) is 1. The lowest BCUT2D eigenvalue weighted by Gasteiger charge is -2.31. The predicted molar refractivity (Wildman–Crippen MR) is 69.3 cm³/mol. The Morgan fingerprint density at radius 1 is 1.28 bits per heavy atom. The van der Waals surface area contributed by atoms with Crippen molar-refractivity contribution in [1.82, 2.24) is 0 Å². The molecule has 0 radical (unpaired) electrons. The molecule has 0 fully saturated rings. The van der Waals surface area contributed by atoms with Gasteiger partial charge < -0.3 is 14.7 Å². The van der Waals surface area contributed by atoms with E-state index in [-0.39, 0.29) is 6.54 Å². The molecule has 4 nitrogen and oxygen atoms in total. The molecule has 0 saturated heterocycles. The highest BCUT2D eigenvalue weighted by Gasteiger charge is 2.22. The van der Waals surface area contributed by atoms with E-state index in [0.29, 0.717) is 13.2 Å². The van der Waals surface area contributed by atoms with E-state index >= 15 is 0 Å². The summed E-state index contributed by atoms with van der Waals surface area (Å²) in [7, 11) is 0. The van der Waals surface area contributed by atoms with E-state index < -0.39 is 5.97 Å². The Morgan fingerprint density at radius 2 is 2.11 bits per heavy atom. The summed E-state index contributed by atoms with van der Waals surface area (Å²) < 4.78 is 5.61. The summed E-state index contributed by atoms with van der Waals surface area (Å²) in [6.45, 7) is 1.14. The molecule has 0 unspecified atom stereocenters. The normalized spacial score (nSPS) is 14.1. The Bertz CT molecular complexity index is 609. The second-order valence-corrected chi connectivity index (χ2v) is 4.30. The maximum atomic E-state index is 10.9. The second-order valence-electron chi connectivity index (χ2n) is 4.30. The maximum absolute atomic E-state index is 10.9. The van der Waals surface area contributed by atoms with Gasteiger partial charge in [-0.2, -0.15) is 0 Å². The lowest BCUT2D eigenvalue weighted by molar-refractivity contribution is -0.135. The highest BCUT2D eigenvalue weighted by Crippen LogP contribution is 2.38. The average molecular weight is 243 g/mol. The molecule has 0 aromatic heterocycles. The molecule has 0 saturated carbocycles. The number of rotatable bonds is 2. The first-order valence-electron chi connectivity index (χ1n) is 5.87. The van der Waals surface area contributed by atoms with Gasteiger partial charge in [0.2, 0.25) is 0 Å². The predicted octanol–water partition coefficient (Wildman–Crippen LogP) is 2.12. The molecule has 4 heteroatoms. The number of anilines is 1. The summed E-state index contributed by atoms with van der Waals surface area (Å²) in [6, 6.07) is 11.8. The van der Waals surface area contributed by atoms with Crippen LogP contribution < -0.4 is 9.64 Å². The molecule has 0 aliphatic carbocycles. The van der Waals surface area contributed by atoms with Crippen LogP contribution in [0.1, 0.15) is 0 Å². The number of carboxylic acids is 1. The van der Waals surface area contributed by atoms with E-state index in [0.717, 1.165) is 22.2 Å². The van der Waals surface area contributed by atoms with Crippen LogP contribution in [0, 0.1) is 0 Å². The Labute approximate surface area is 104 Å². The van der Waals surface area contributed by atoms with Gasteiger partial charge in [-0.15, -0.1) is 0 Å². The minimum Gasteiger partial charge on any atom is -0.490 e. The molecular weight excluding hydrogens is 230 g/mol. The molecule has 0 bridgehead atoms. The monoisotopic (exact) mass is 243 g/mol. The standard InChI is InChI=1S/C14H13NO3/c16-13(17)9-15-7-8-18-12-6-5-10-3-1-2-4-11(10)14(12)15/h1-6H,7-9H2,(H,16,17). The van der Waals surface area contributed by atoms with Crippen molar-refractivity contribution in [3.05, 3.63) is 36.4 Å². The van der Waals surface area contributed by atoms with Crippen molar-refractivity contribution in [2.75, 3.05) is 24.6 Å². The van der Waals surface area contributed by atoms with Crippen molar-refractivity contribution in [2.24, 2.45) is 0 Å². The zero-order chi connectivity index (χ0) is 12.5. The number of fused-ring (bicyclic) bond motifs is 3. The Hall–Kier alpha value is -2.23. The van der Waals surface area contributed by atoms with Crippen LogP contribution in [0.2, 0.25) is 0 Å². The third kappa shape index (κ3) is 1.76. The van der Waals surface area contributed by atoms with Gasteiger partial charge in [0, 0.05) is 5.39 Å². The topological polar surface area (TPSA) is 49.8 Å². The van der Waals surface area contributed by atoms with Gasteiger partial charge >= 0.3 is 5.97 Å². The molecule has 1 aliphatic rings. The van der Waals surface area contributed by atoms with Crippen LogP contribution in [-0.2, 0) is 4.79 Å². The molecule has 0 spiro atoms. The lowest BCUT2D eigenvalue weighted by atomic mass is 10.1. The number of aliphatic carboxylic acids is 1. The van der Waals surface area contributed by atoms with Crippen LogP contribution in [-0.4, -0.2) is 30.8 Å². The Balaban J connectivity index is 2.18. The largest absolute Gasteiger partial charge is 0.490 e. The molecular formula is C14H13NO3. The summed E-state index contributed by atoms with van der Waals surface area (Å²) in [6.07, 6.45) is 0. The van der Waals surface area contributed by atoms with Gasteiger partial charge in [-0.05, 0) is 11.5 Å². The highest BCUT2D eigenvalue weighted by atomic mass is 16.5. The average Bonchev–Trinajstić information content (AvgIpc) is 2.38. The molecule has 3 rings (SSSR count). The van der Waals surface area contributed by atoms with E-state index in [2.05, 4.69) is 0 Å². The summed E-state index contributed by atoms with van der Waals surface area (Å²) in [5, 5.41) is 11.1. The molecule has 1 N–H and O–H groups in total. The maximum Gasteiger partial charge on any atom is 0.323 e. The van der Waals surface area contributed by atoms with Crippen molar-refractivity contribution >= 4 is 22.4 Å². The SMILES string of the molecule is O=C(O)CN1CCOc2ccc3ccccc3c21. The van der Waals surface area contributed by atoms with Crippen LogP contribution in [0.3, 0.4) is 0 Å². The number of hydrogen-bond donors (Lipinski definition) is 1. The summed E-state index contributed by atoms with van der Waals surface area (Å²) >= 11 is 0. The minimum atomic E-state index is -0.823. The Morgan fingerprint density at radius 3 is 2.94 bits per heavy atom. The summed E-state index contributed by atoms with van der Waals surface area (Å²) in [5.41, 5.74) is 0.891. The Kier molecular flexibility index (Phi) is 2.55. The molecule has 2 aromatic carbocycles. The number of benzene rings is 2. The van der Waals surface area contributed by atoms with Gasteiger partial charge in [0.1, 0.15) is 18.9 Å². The van der Waals surface area contributed by atoms with E-state index in [9.17, 15) is 4.79 Å². The van der Waals surface area contributed by atoms with Crippen molar-refractivity contribution in [3.63, 3.8) is 0 Å². The van der Waals surface area contributed by atoms with Crippen molar-refractivity contribution in [3.8, 4) is 5.75 Å². The first-order chi connectivity index (χ1) is 8.75. The highest BCUT2D eigenvalue weighted by molar-refractivity contribution is 5.98. The van der Waals surface area contributed by atoms with Crippen LogP contribution >= 0.6 is 0 Å². The van der Waals surface area contributed by atoms with E-state index in [1.807, 2.05) is 41.3 Å². The first kappa shape index (κ1) is 10.9. The molecule has 92 valence electrons. The van der Waals surface area contributed by atoms with Gasteiger partial charge in [-0.25, -0.2) is 0 Å². The number of carbonyl (C=O) groups is 1. The van der Waals surface area contributed by atoms with Crippen molar-refractivity contribution in [1.29, 1.82) is 0 Å². The number of carboxylic acid groups (broad SMARTS) is 1. The van der Waals surface area contributed by atoms with Crippen molar-refractivity contribution < 1.29 is 14.6 Å². The number of nitrogens with zero attached hydrogens (tertiary/aromatic N) is 1. The van der Waals surface area contributed by atoms with E-state index in [1.165, 1.54) is 0 Å². The van der Waals surface area contributed by atoms with Gasteiger partial charge in [0.05, 0.1) is 12.2 Å². The molecule has 1 aliphatic heterocycles. The van der Waals surface area contributed by atoms with Crippen LogP contribution in [0.15, 0.2) is 36.4 Å². The molecule has 0 atom stereocenters. The van der Waals surface area contributed by atoms with Crippen LogP contribution in [0.25, 0.3) is 10.8 Å². The van der Waals surface area contributed by atoms with E-state index in [1.54, 1.807) is 0 Å². The summed E-state index contributed by atoms with van der Waals surface area (Å²) in [4.78, 5) is 12.8. The molecule has 18 heavy (non-hydrogen) atoms. The van der Waals surface area contributed by atoms with Crippen LogP contribution in [0.5, 0.6) is 5.75 Å². The number of hydrogen-bond acceptors (Lipinski definition) is 3. The molecule has 0 amide bonds. The third-order valence-corrected chi connectivity index (χ3v) is 3.12. The van der Waals surface area contributed by atoms with Gasteiger partial charge in [0.15, 0.2) is 0 Å². The first-order valence-corrected chi connectivity index (χ1v) is 5.87. The zero-order valence-electron chi connectivity index (χ0n) is 9.80. The third-order valence-electron chi connectivity index (χ3n) is 3.12. The van der Waals surface area contributed by atoms with Gasteiger partial charge in [0.25, 0.3) is 0 Å². The second kappa shape index (κ2) is 4.22. The van der Waals surface area contributed by atoms with E-state index in [4.69, 9.17) is 9.84 Å². The fraction of sp³-hybridized carbons (Fsp3) is 0.214. The van der Waals surface area contributed by atoms with Gasteiger partial charge in [-0.1, -0.05) is 30.3 Å². The van der Waals surface area contributed by atoms with Crippen molar-refractivity contribution in [2.45, 2.75) is 0 Å². The fourth-order valence-corrected chi connectivity index (χ4v) is 2.38. The van der Waals surface area contributed by atoms with Gasteiger partial charge in [-0.3, -0.25) is 4.79 Å². The zero-order valence-corrected chi connectivity index (χ0v) is 9.80. The summed E-state index contributed by atoms with van der Waals surface area (Å²) in [5.74, 6) is -0.0583.